The molecule has 0 aliphatic heterocycles. The number of carbonyl (C=O) groups is 1. The molecule has 0 saturated carbocycles. The first-order chi connectivity index (χ1) is 11.4. The highest BCUT2D eigenvalue weighted by molar-refractivity contribution is 9.10. The Labute approximate surface area is 149 Å². The number of sulfonamides is 1. The number of ether oxygens (including phenoxy) is 1. The van der Waals surface area contributed by atoms with Crippen molar-refractivity contribution in [3.8, 4) is 5.75 Å². The third-order valence-electron chi connectivity index (χ3n) is 3.13. The summed E-state index contributed by atoms with van der Waals surface area (Å²) in [7, 11) is -2.14. The van der Waals surface area contributed by atoms with Crippen LogP contribution >= 0.6 is 15.9 Å². The quantitative estimate of drug-likeness (QED) is 0.731. The van der Waals surface area contributed by atoms with E-state index in [-0.39, 0.29) is 23.8 Å². The highest BCUT2D eigenvalue weighted by atomic mass is 79.9. The number of nitrogens with one attached hydrogen (secondary N) is 2. The number of hydrogen-bond donors (Lipinski definition) is 2. The van der Waals surface area contributed by atoms with Crippen LogP contribution in [0.2, 0.25) is 0 Å². The Bertz CT molecular complexity index is 824. The fraction of sp³-hybridized carbons (Fsp3) is 0.188. The minimum absolute atomic E-state index is 0.00414. The molecule has 0 fully saturated rings. The molecule has 1 amide bonds. The van der Waals surface area contributed by atoms with E-state index in [0.717, 1.165) is 0 Å². The second kappa shape index (κ2) is 8.27. The molecule has 0 bridgehead atoms. The number of para-hydroxylation sites is 2. The zero-order valence-corrected chi connectivity index (χ0v) is 15.4. The van der Waals surface area contributed by atoms with E-state index in [2.05, 4.69) is 26.0 Å². The molecule has 0 aliphatic rings. The maximum absolute atomic E-state index is 12.1. The predicted molar refractivity (Wildman–Crippen MR) is 95.6 cm³/mol. The van der Waals surface area contributed by atoms with Crippen molar-refractivity contribution in [2.24, 2.45) is 0 Å². The van der Waals surface area contributed by atoms with E-state index in [1.54, 1.807) is 36.4 Å². The highest BCUT2D eigenvalue weighted by Crippen LogP contribution is 2.23. The fourth-order valence-corrected chi connectivity index (χ4v) is 3.61. The molecule has 0 saturated heterocycles. The Hall–Kier alpha value is -1.90. The molecule has 2 rings (SSSR count). The maximum atomic E-state index is 12.1. The van der Waals surface area contributed by atoms with Crippen molar-refractivity contribution in [3.05, 3.63) is 53.0 Å². The Morgan fingerprint density at radius 2 is 1.92 bits per heavy atom. The van der Waals surface area contributed by atoms with E-state index in [0.29, 0.717) is 15.9 Å². The molecule has 0 unspecified atom stereocenters. The van der Waals surface area contributed by atoms with Crippen LogP contribution in [0, 0.1) is 0 Å². The number of anilines is 1. The first-order valence-corrected chi connectivity index (χ1v) is 9.38. The molecule has 0 radical (unpaired) electrons. The van der Waals surface area contributed by atoms with Gasteiger partial charge < -0.3 is 10.1 Å². The van der Waals surface area contributed by atoms with Gasteiger partial charge >= 0.3 is 0 Å². The van der Waals surface area contributed by atoms with Crippen LogP contribution in [0.3, 0.4) is 0 Å². The van der Waals surface area contributed by atoms with Gasteiger partial charge in [-0.25, -0.2) is 13.1 Å². The van der Waals surface area contributed by atoms with E-state index in [1.807, 2.05) is 0 Å². The van der Waals surface area contributed by atoms with Crippen LogP contribution in [-0.2, 0) is 14.8 Å². The van der Waals surface area contributed by atoms with Crippen molar-refractivity contribution in [3.63, 3.8) is 0 Å². The molecular formula is C16H17BrN2O4S. The van der Waals surface area contributed by atoms with Crippen molar-refractivity contribution >= 4 is 37.5 Å². The average molecular weight is 413 g/mol. The molecule has 0 aliphatic carbocycles. The van der Waals surface area contributed by atoms with Crippen molar-refractivity contribution in [1.82, 2.24) is 4.72 Å². The maximum Gasteiger partial charge on any atom is 0.240 e. The Morgan fingerprint density at radius 1 is 1.17 bits per heavy atom. The molecule has 2 aromatic rings. The molecule has 0 atom stereocenters. The van der Waals surface area contributed by atoms with Crippen molar-refractivity contribution in [2.45, 2.75) is 11.3 Å². The Balaban J connectivity index is 1.90. The minimum Gasteiger partial charge on any atom is -0.495 e. The number of hydrogen-bond acceptors (Lipinski definition) is 4. The number of methoxy groups -OCH3 is 1. The van der Waals surface area contributed by atoms with Crippen molar-refractivity contribution in [1.29, 1.82) is 0 Å². The van der Waals surface area contributed by atoms with Gasteiger partial charge in [-0.15, -0.1) is 0 Å². The molecule has 128 valence electrons. The van der Waals surface area contributed by atoms with Gasteiger partial charge in [0.25, 0.3) is 0 Å². The summed E-state index contributed by atoms with van der Waals surface area (Å²) in [6, 6.07) is 13.4. The molecule has 24 heavy (non-hydrogen) atoms. The van der Waals surface area contributed by atoms with E-state index in [9.17, 15) is 13.2 Å². The lowest BCUT2D eigenvalue weighted by Crippen LogP contribution is -2.27. The van der Waals surface area contributed by atoms with Crippen LogP contribution in [0.15, 0.2) is 57.9 Å². The molecule has 0 heterocycles. The number of carbonyl (C=O) groups excluding carboxylic acids is 1. The fourth-order valence-electron chi connectivity index (χ4n) is 1.98. The van der Waals surface area contributed by atoms with Gasteiger partial charge in [-0.05, 0) is 30.3 Å². The van der Waals surface area contributed by atoms with Crippen LogP contribution < -0.4 is 14.8 Å². The summed E-state index contributed by atoms with van der Waals surface area (Å²) in [5.74, 6) is 0.233. The molecule has 8 heteroatoms. The second-order valence-corrected chi connectivity index (χ2v) is 7.54. The first-order valence-electron chi connectivity index (χ1n) is 7.10. The van der Waals surface area contributed by atoms with Gasteiger partial charge in [0.2, 0.25) is 15.9 Å². The summed E-state index contributed by atoms with van der Waals surface area (Å²) in [6.07, 6.45) is 0.00524. The van der Waals surface area contributed by atoms with Gasteiger partial charge in [0.1, 0.15) is 5.75 Å². The normalized spacial score (nSPS) is 11.1. The van der Waals surface area contributed by atoms with E-state index in [4.69, 9.17) is 4.74 Å². The summed E-state index contributed by atoms with van der Waals surface area (Å²) in [6.45, 7) is -0.00414. The number of amides is 1. The topological polar surface area (TPSA) is 84.5 Å². The zero-order chi connectivity index (χ0) is 17.6. The summed E-state index contributed by atoms with van der Waals surface area (Å²) in [5, 5.41) is 2.69. The van der Waals surface area contributed by atoms with Crippen molar-refractivity contribution < 1.29 is 17.9 Å². The lowest BCUT2D eigenvalue weighted by Gasteiger charge is -2.10. The largest absolute Gasteiger partial charge is 0.495 e. The summed E-state index contributed by atoms with van der Waals surface area (Å²) in [4.78, 5) is 12.1. The lowest BCUT2D eigenvalue weighted by atomic mass is 10.3. The van der Waals surface area contributed by atoms with Gasteiger partial charge in [0.05, 0.1) is 17.7 Å². The van der Waals surface area contributed by atoms with Crippen LogP contribution in [-0.4, -0.2) is 28.0 Å². The molecule has 0 aromatic heterocycles. The Morgan fingerprint density at radius 3 is 2.62 bits per heavy atom. The average Bonchev–Trinajstić information content (AvgIpc) is 2.55. The van der Waals surface area contributed by atoms with E-state index in [1.165, 1.54) is 19.2 Å². The van der Waals surface area contributed by atoms with Gasteiger partial charge in [-0.2, -0.15) is 0 Å². The van der Waals surface area contributed by atoms with Crippen molar-refractivity contribution in [2.75, 3.05) is 19.0 Å². The third kappa shape index (κ3) is 5.05. The van der Waals surface area contributed by atoms with Crippen LogP contribution in [0.1, 0.15) is 6.42 Å². The second-order valence-electron chi connectivity index (χ2n) is 4.85. The smallest absolute Gasteiger partial charge is 0.240 e. The SMILES string of the molecule is COc1ccccc1NC(=O)CCNS(=O)(=O)c1cccc(Br)c1. The first kappa shape index (κ1) is 18.4. The molecule has 2 aromatic carbocycles. The van der Waals surface area contributed by atoms with Gasteiger partial charge in [-0.3, -0.25) is 4.79 Å². The van der Waals surface area contributed by atoms with Crippen LogP contribution in [0.25, 0.3) is 0 Å². The molecule has 6 nitrogen and oxygen atoms in total. The summed E-state index contributed by atoms with van der Waals surface area (Å²) >= 11 is 3.23. The van der Waals surface area contributed by atoms with Crippen LogP contribution in [0.4, 0.5) is 5.69 Å². The molecular weight excluding hydrogens is 396 g/mol. The van der Waals surface area contributed by atoms with E-state index < -0.39 is 10.0 Å². The highest BCUT2D eigenvalue weighted by Gasteiger charge is 2.14. The van der Waals surface area contributed by atoms with Crippen LogP contribution in [0.5, 0.6) is 5.75 Å². The number of rotatable bonds is 7. The summed E-state index contributed by atoms with van der Waals surface area (Å²) < 4.78 is 32.5. The standard InChI is InChI=1S/C16H17BrN2O4S/c1-23-15-8-3-2-7-14(15)19-16(20)9-10-18-24(21,22)13-6-4-5-12(17)11-13/h2-8,11,18H,9-10H2,1H3,(H,19,20). The van der Waals surface area contributed by atoms with Gasteiger partial charge in [-0.1, -0.05) is 34.1 Å². The summed E-state index contributed by atoms with van der Waals surface area (Å²) in [5.41, 5.74) is 0.542. The number of halogens is 1. The molecule has 0 spiro atoms. The third-order valence-corrected chi connectivity index (χ3v) is 5.08. The predicted octanol–water partition coefficient (Wildman–Crippen LogP) is 2.76. The monoisotopic (exact) mass is 412 g/mol. The van der Waals surface area contributed by atoms with E-state index >= 15 is 0 Å². The van der Waals surface area contributed by atoms with Gasteiger partial charge in [0.15, 0.2) is 0 Å². The molecule has 2 N–H and O–H groups in total. The minimum atomic E-state index is -3.65. The number of benzene rings is 2. The zero-order valence-electron chi connectivity index (χ0n) is 13.0. The van der Waals surface area contributed by atoms with Gasteiger partial charge in [0, 0.05) is 17.4 Å². The Kier molecular flexibility index (Phi) is 6.36. The lowest BCUT2D eigenvalue weighted by molar-refractivity contribution is -0.116.